The Morgan fingerprint density at radius 1 is 1.21 bits per heavy atom. The van der Waals surface area contributed by atoms with Crippen LogP contribution in [0.3, 0.4) is 0 Å². The minimum Gasteiger partial charge on any atom is -0.489 e. The number of benzene rings is 1. The molecule has 1 N–H and O–H groups in total. The van der Waals surface area contributed by atoms with E-state index in [-0.39, 0.29) is 6.10 Å². The maximum atomic E-state index is 6.20. The molecule has 0 bridgehead atoms. The first kappa shape index (κ1) is 16.3. The fraction of sp³-hybridized carbons (Fsp3) is 0.625. The van der Waals surface area contributed by atoms with Crippen LogP contribution in [0.2, 0.25) is 5.02 Å². The lowest BCUT2D eigenvalue weighted by atomic mass is 10.2. The molecule has 0 aromatic heterocycles. The molecule has 1 aromatic carbocycles. The van der Waals surface area contributed by atoms with E-state index < -0.39 is 0 Å². The monoisotopic (exact) mass is 283 g/mol. The summed E-state index contributed by atoms with van der Waals surface area (Å²) in [6, 6.07) is 6.01. The van der Waals surface area contributed by atoms with Gasteiger partial charge in [-0.05, 0) is 44.5 Å². The van der Waals surface area contributed by atoms with Crippen LogP contribution in [0.4, 0.5) is 0 Å². The van der Waals surface area contributed by atoms with Crippen molar-refractivity contribution < 1.29 is 4.74 Å². The van der Waals surface area contributed by atoms with Crippen molar-refractivity contribution in [2.75, 3.05) is 6.54 Å². The average Bonchev–Trinajstić information content (AvgIpc) is 2.36. The summed E-state index contributed by atoms with van der Waals surface area (Å²) in [6.07, 6.45) is 5.32. The van der Waals surface area contributed by atoms with E-state index in [9.17, 15) is 0 Å². The van der Waals surface area contributed by atoms with Crippen LogP contribution in [0.25, 0.3) is 0 Å². The molecule has 3 heteroatoms. The Labute approximate surface area is 122 Å². The van der Waals surface area contributed by atoms with Gasteiger partial charge in [0.25, 0.3) is 0 Å². The summed E-state index contributed by atoms with van der Waals surface area (Å²) in [7, 11) is 0. The Kier molecular flexibility index (Phi) is 7.92. The Hall–Kier alpha value is -0.730. The van der Waals surface area contributed by atoms with E-state index in [0.29, 0.717) is 5.02 Å². The van der Waals surface area contributed by atoms with Gasteiger partial charge in [-0.1, -0.05) is 43.9 Å². The van der Waals surface area contributed by atoms with Gasteiger partial charge in [-0.2, -0.15) is 0 Å². The van der Waals surface area contributed by atoms with Crippen LogP contribution < -0.4 is 10.1 Å². The maximum absolute atomic E-state index is 6.20. The molecule has 108 valence electrons. The van der Waals surface area contributed by atoms with Crippen molar-refractivity contribution in [3.05, 3.63) is 28.8 Å². The third-order valence-corrected chi connectivity index (χ3v) is 3.19. The molecule has 1 rings (SSSR count). The van der Waals surface area contributed by atoms with Gasteiger partial charge >= 0.3 is 0 Å². The van der Waals surface area contributed by atoms with Crippen LogP contribution in [0.15, 0.2) is 18.2 Å². The van der Waals surface area contributed by atoms with Crippen molar-refractivity contribution in [1.82, 2.24) is 5.32 Å². The molecule has 0 saturated heterocycles. The molecule has 1 aromatic rings. The Morgan fingerprint density at radius 3 is 2.63 bits per heavy atom. The van der Waals surface area contributed by atoms with Gasteiger partial charge in [-0.15, -0.1) is 0 Å². The normalized spacial score (nSPS) is 11.0. The van der Waals surface area contributed by atoms with Crippen LogP contribution in [0.1, 0.15) is 52.0 Å². The van der Waals surface area contributed by atoms with Crippen molar-refractivity contribution in [2.24, 2.45) is 0 Å². The number of ether oxygens (including phenoxy) is 1. The molecular formula is C16H26ClNO. The lowest BCUT2D eigenvalue weighted by molar-refractivity contribution is 0.242. The Morgan fingerprint density at radius 2 is 2.00 bits per heavy atom. The van der Waals surface area contributed by atoms with Crippen LogP contribution in [0, 0.1) is 0 Å². The number of halogens is 1. The van der Waals surface area contributed by atoms with E-state index in [0.717, 1.165) is 18.8 Å². The average molecular weight is 284 g/mol. The summed E-state index contributed by atoms with van der Waals surface area (Å²) in [5.74, 6) is 0.767. The van der Waals surface area contributed by atoms with Crippen LogP contribution in [-0.2, 0) is 6.54 Å². The van der Waals surface area contributed by atoms with Gasteiger partial charge < -0.3 is 10.1 Å². The van der Waals surface area contributed by atoms with Crippen LogP contribution in [0.5, 0.6) is 5.75 Å². The number of hydrogen-bond donors (Lipinski definition) is 1. The van der Waals surface area contributed by atoms with Gasteiger partial charge in [0, 0.05) is 6.54 Å². The quantitative estimate of drug-likeness (QED) is 0.658. The first-order valence-electron chi connectivity index (χ1n) is 7.29. The van der Waals surface area contributed by atoms with Crippen molar-refractivity contribution in [1.29, 1.82) is 0 Å². The Bertz CT molecular complexity index is 366. The number of rotatable bonds is 9. The molecule has 0 aliphatic carbocycles. The first-order valence-corrected chi connectivity index (χ1v) is 7.67. The predicted octanol–water partition coefficient (Wildman–Crippen LogP) is 4.80. The number of nitrogens with one attached hydrogen (secondary N) is 1. The van der Waals surface area contributed by atoms with E-state index in [1.165, 1.54) is 31.2 Å². The highest BCUT2D eigenvalue weighted by Gasteiger charge is 2.04. The number of hydrogen-bond acceptors (Lipinski definition) is 2. The molecule has 0 unspecified atom stereocenters. The van der Waals surface area contributed by atoms with Gasteiger partial charge in [0.15, 0.2) is 0 Å². The van der Waals surface area contributed by atoms with Gasteiger partial charge in [0.2, 0.25) is 0 Å². The Balaban J connectivity index is 2.33. The minimum atomic E-state index is 0.153. The second kappa shape index (κ2) is 9.22. The maximum Gasteiger partial charge on any atom is 0.138 e. The molecule has 0 atom stereocenters. The van der Waals surface area contributed by atoms with Gasteiger partial charge in [0.1, 0.15) is 5.75 Å². The summed E-state index contributed by atoms with van der Waals surface area (Å²) in [6.45, 7) is 8.18. The van der Waals surface area contributed by atoms with Crippen molar-refractivity contribution in [3.63, 3.8) is 0 Å². The summed E-state index contributed by atoms with van der Waals surface area (Å²) in [5.41, 5.74) is 1.21. The van der Waals surface area contributed by atoms with E-state index in [2.05, 4.69) is 18.3 Å². The molecule has 0 spiro atoms. The molecule has 0 radical (unpaired) electrons. The molecule has 0 amide bonds. The summed E-state index contributed by atoms with van der Waals surface area (Å²) < 4.78 is 5.62. The predicted molar refractivity (Wildman–Crippen MR) is 83.1 cm³/mol. The van der Waals surface area contributed by atoms with E-state index in [1.807, 2.05) is 26.0 Å². The molecule has 0 saturated carbocycles. The number of unbranched alkanes of at least 4 members (excludes halogenated alkanes) is 3. The second-order valence-electron chi connectivity index (χ2n) is 5.17. The molecule has 0 aliphatic rings. The van der Waals surface area contributed by atoms with Crippen molar-refractivity contribution >= 4 is 11.6 Å². The zero-order chi connectivity index (χ0) is 14.1. The third-order valence-electron chi connectivity index (χ3n) is 2.90. The molecule has 19 heavy (non-hydrogen) atoms. The largest absolute Gasteiger partial charge is 0.489 e. The van der Waals surface area contributed by atoms with Gasteiger partial charge in [0.05, 0.1) is 11.1 Å². The molecule has 0 fully saturated rings. The summed E-state index contributed by atoms with van der Waals surface area (Å²) in [5, 5.41) is 4.14. The van der Waals surface area contributed by atoms with Crippen LogP contribution in [-0.4, -0.2) is 12.6 Å². The highest BCUT2D eigenvalue weighted by molar-refractivity contribution is 6.32. The van der Waals surface area contributed by atoms with Crippen LogP contribution >= 0.6 is 11.6 Å². The first-order chi connectivity index (χ1) is 9.13. The van der Waals surface area contributed by atoms with Crippen molar-refractivity contribution in [3.8, 4) is 5.75 Å². The topological polar surface area (TPSA) is 21.3 Å². The highest BCUT2D eigenvalue weighted by Crippen LogP contribution is 2.26. The lowest BCUT2D eigenvalue weighted by Crippen LogP contribution is -2.14. The molecular weight excluding hydrogens is 258 g/mol. The SMILES string of the molecule is CCCCCCNCc1ccc(OC(C)C)c(Cl)c1. The summed E-state index contributed by atoms with van der Waals surface area (Å²) in [4.78, 5) is 0. The molecule has 0 aliphatic heterocycles. The highest BCUT2D eigenvalue weighted by atomic mass is 35.5. The standard InChI is InChI=1S/C16H26ClNO/c1-4-5-6-7-10-18-12-14-8-9-16(15(17)11-14)19-13(2)3/h8-9,11,13,18H,4-7,10,12H2,1-3H3. The van der Waals surface area contributed by atoms with E-state index in [4.69, 9.17) is 16.3 Å². The van der Waals surface area contributed by atoms with E-state index in [1.54, 1.807) is 0 Å². The van der Waals surface area contributed by atoms with Gasteiger partial charge in [-0.25, -0.2) is 0 Å². The summed E-state index contributed by atoms with van der Waals surface area (Å²) >= 11 is 6.20. The molecule has 0 heterocycles. The fourth-order valence-corrected chi connectivity index (χ4v) is 2.16. The zero-order valence-electron chi connectivity index (χ0n) is 12.3. The molecule has 2 nitrogen and oxygen atoms in total. The fourth-order valence-electron chi connectivity index (χ4n) is 1.91. The zero-order valence-corrected chi connectivity index (χ0v) is 13.1. The van der Waals surface area contributed by atoms with E-state index >= 15 is 0 Å². The second-order valence-corrected chi connectivity index (χ2v) is 5.58. The smallest absolute Gasteiger partial charge is 0.138 e. The lowest BCUT2D eigenvalue weighted by Gasteiger charge is -2.12. The minimum absolute atomic E-state index is 0.153. The third kappa shape index (κ3) is 6.84. The van der Waals surface area contributed by atoms with Crippen molar-refractivity contribution in [2.45, 2.75) is 59.1 Å². The van der Waals surface area contributed by atoms with Gasteiger partial charge in [-0.3, -0.25) is 0 Å².